The molecular weight excluding hydrogens is 401 g/mol. The summed E-state index contributed by atoms with van der Waals surface area (Å²) in [5.74, 6) is 0.844. The molecule has 5 nitrogen and oxygen atoms in total. The molecule has 0 aliphatic carbocycles. The Kier molecular flexibility index (Phi) is 9.35. The van der Waals surface area contributed by atoms with Gasteiger partial charge in [-0.1, -0.05) is 31.2 Å². The number of hydrogen-bond acceptors (Lipinski definition) is 2. The Morgan fingerprint density at radius 2 is 2.00 bits per heavy atom. The number of nitrogens with one attached hydrogen (secondary N) is 2. The highest BCUT2D eigenvalue weighted by Gasteiger charge is 2.01. The van der Waals surface area contributed by atoms with Crippen LogP contribution in [-0.2, 0) is 19.5 Å². The molecule has 0 saturated carbocycles. The molecule has 1 aromatic heterocycles. The van der Waals surface area contributed by atoms with Crippen molar-refractivity contribution >= 4 is 29.9 Å². The van der Waals surface area contributed by atoms with Crippen molar-refractivity contribution in [3.63, 3.8) is 0 Å². The molecule has 0 unspecified atom stereocenters. The first kappa shape index (κ1) is 19.5. The topological polar surface area (TPSA) is 54.2 Å². The van der Waals surface area contributed by atoms with Gasteiger partial charge in [0.25, 0.3) is 0 Å². The van der Waals surface area contributed by atoms with Gasteiger partial charge in [-0.25, -0.2) is 4.98 Å². The molecule has 0 amide bonds. The minimum Gasteiger partial charge on any atom is -0.356 e. The first-order valence-corrected chi connectivity index (χ1v) is 7.80. The van der Waals surface area contributed by atoms with Gasteiger partial charge in [0.15, 0.2) is 5.96 Å². The maximum absolute atomic E-state index is 4.27. The average molecular weight is 427 g/mol. The summed E-state index contributed by atoms with van der Waals surface area (Å²) in [6.45, 7) is 4.82. The fraction of sp³-hybridized carbons (Fsp3) is 0.412. The molecule has 0 spiro atoms. The normalized spacial score (nSPS) is 11.0. The van der Waals surface area contributed by atoms with E-state index in [1.54, 1.807) is 13.2 Å². The number of halogens is 1. The fourth-order valence-electron chi connectivity index (χ4n) is 2.36. The van der Waals surface area contributed by atoms with Crippen LogP contribution in [0.2, 0.25) is 0 Å². The van der Waals surface area contributed by atoms with Crippen LogP contribution in [0.1, 0.15) is 24.5 Å². The van der Waals surface area contributed by atoms with Crippen molar-refractivity contribution in [2.75, 3.05) is 13.6 Å². The van der Waals surface area contributed by atoms with Crippen LogP contribution >= 0.6 is 24.0 Å². The molecule has 6 heteroatoms. The molecule has 0 radical (unpaired) electrons. The molecule has 1 aromatic carbocycles. The number of rotatable bonds is 7. The molecule has 0 bridgehead atoms. The third-order valence-corrected chi connectivity index (χ3v) is 3.61. The van der Waals surface area contributed by atoms with Crippen molar-refractivity contribution in [2.24, 2.45) is 4.99 Å². The summed E-state index contributed by atoms with van der Waals surface area (Å²) < 4.78 is 2.08. The average Bonchev–Trinajstić information content (AvgIpc) is 3.08. The molecule has 0 fully saturated rings. The van der Waals surface area contributed by atoms with Crippen molar-refractivity contribution in [3.05, 3.63) is 54.1 Å². The van der Waals surface area contributed by atoms with E-state index < -0.39 is 0 Å². The van der Waals surface area contributed by atoms with Gasteiger partial charge < -0.3 is 15.2 Å². The Morgan fingerprint density at radius 1 is 1.22 bits per heavy atom. The second kappa shape index (κ2) is 11.0. The second-order valence-corrected chi connectivity index (χ2v) is 5.13. The van der Waals surface area contributed by atoms with E-state index >= 15 is 0 Å². The molecule has 1 heterocycles. The molecular formula is C17H26IN5. The van der Waals surface area contributed by atoms with Gasteiger partial charge in [-0.3, -0.25) is 4.99 Å². The number of aliphatic imine (C=N–C) groups is 1. The number of hydrogen-bond donors (Lipinski definition) is 2. The molecule has 0 aliphatic rings. The zero-order valence-corrected chi connectivity index (χ0v) is 16.2. The van der Waals surface area contributed by atoms with Gasteiger partial charge in [0.2, 0.25) is 0 Å². The zero-order valence-electron chi connectivity index (χ0n) is 13.8. The summed E-state index contributed by atoms with van der Waals surface area (Å²) in [5.41, 5.74) is 2.71. The monoisotopic (exact) mass is 427 g/mol. The van der Waals surface area contributed by atoms with Crippen LogP contribution in [0.3, 0.4) is 0 Å². The standard InChI is InChI=1S/C17H25N5.HI/c1-3-15-7-4-5-8-16(15)13-21-17(18-2)20-9-6-11-22-12-10-19-14-22;/h4-5,7-8,10,12,14H,3,6,9,11,13H2,1-2H3,(H2,18,20,21);1H. The highest BCUT2D eigenvalue weighted by atomic mass is 127. The van der Waals surface area contributed by atoms with Crippen molar-refractivity contribution in [3.8, 4) is 0 Å². The van der Waals surface area contributed by atoms with Crippen molar-refractivity contribution in [2.45, 2.75) is 32.9 Å². The molecule has 23 heavy (non-hydrogen) atoms. The third kappa shape index (κ3) is 6.60. The van der Waals surface area contributed by atoms with Crippen LogP contribution in [0.25, 0.3) is 0 Å². The fourth-order valence-corrected chi connectivity index (χ4v) is 2.36. The van der Waals surface area contributed by atoms with Crippen molar-refractivity contribution in [1.29, 1.82) is 0 Å². The van der Waals surface area contributed by atoms with Crippen LogP contribution in [0.4, 0.5) is 0 Å². The summed E-state index contributed by atoms with van der Waals surface area (Å²) in [6, 6.07) is 8.51. The number of benzene rings is 1. The summed E-state index contributed by atoms with van der Waals surface area (Å²) in [7, 11) is 1.80. The Morgan fingerprint density at radius 3 is 2.65 bits per heavy atom. The number of imidazole rings is 1. The van der Waals surface area contributed by atoms with Gasteiger partial charge in [0, 0.05) is 39.1 Å². The predicted molar refractivity (Wildman–Crippen MR) is 106 cm³/mol. The van der Waals surface area contributed by atoms with E-state index in [-0.39, 0.29) is 24.0 Å². The van der Waals surface area contributed by atoms with Gasteiger partial charge in [-0.05, 0) is 24.0 Å². The predicted octanol–water partition coefficient (Wildman–Crippen LogP) is 2.82. The number of aromatic nitrogens is 2. The molecule has 2 N–H and O–H groups in total. The van der Waals surface area contributed by atoms with Gasteiger partial charge in [0.1, 0.15) is 0 Å². The van der Waals surface area contributed by atoms with Gasteiger partial charge >= 0.3 is 0 Å². The lowest BCUT2D eigenvalue weighted by molar-refractivity contribution is 0.624. The Hall–Kier alpha value is -1.57. The molecule has 2 aromatic rings. The Balaban J connectivity index is 0.00000264. The Labute approximate surface area is 155 Å². The van der Waals surface area contributed by atoms with Crippen LogP contribution in [0.15, 0.2) is 48.0 Å². The minimum atomic E-state index is 0. The molecule has 0 saturated heterocycles. The maximum atomic E-state index is 4.27. The van der Waals surface area contributed by atoms with E-state index in [9.17, 15) is 0 Å². The lowest BCUT2D eigenvalue weighted by atomic mass is 10.1. The van der Waals surface area contributed by atoms with Crippen molar-refractivity contribution in [1.82, 2.24) is 20.2 Å². The molecule has 0 atom stereocenters. The SMILES string of the molecule is CCc1ccccc1CNC(=NC)NCCCn1ccnc1.I. The zero-order chi connectivity index (χ0) is 15.6. The van der Waals surface area contributed by atoms with E-state index in [1.165, 1.54) is 11.1 Å². The smallest absolute Gasteiger partial charge is 0.191 e. The van der Waals surface area contributed by atoms with E-state index in [4.69, 9.17) is 0 Å². The lowest BCUT2D eigenvalue weighted by Gasteiger charge is -2.13. The van der Waals surface area contributed by atoms with E-state index in [1.807, 2.05) is 12.5 Å². The first-order chi connectivity index (χ1) is 10.8. The van der Waals surface area contributed by atoms with Crippen LogP contribution < -0.4 is 10.6 Å². The summed E-state index contributed by atoms with van der Waals surface area (Å²) >= 11 is 0. The van der Waals surface area contributed by atoms with Crippen LogP contribution in [0.5, 0.6) is 0 Å². The summed E-state index contributed by atoms with van der Waals surface area (Å²) in [4.78, 5) is 8.31. The molecule has 0 aliphatic heterocycles. The molecule has 2 rings (SSSR count). The quantitative estimate of drug-likeness (QED) is 0.309. The summed E-state index contributed by atoms with van der Waals surface area (Å²) in [6.07, 6.45) is 7.71. The number of nitrogens with zero attached hydrogens (tertiary/aromatic N) is 3. The van der Waals surface area contributed by atoms with Gasteiger partial charge in [-0.2, -0.15) is 0 Å². The minimum absolute atomic E-state index is 0. The lowest BCUT2D eigenvalue weighted by Crippen LogP contribution is -2.37. The Bertz CT molecular complexity index is 580. The second-order valence-electron chi connectivity index (χ2n) is 5.13. The van der Waals surface area contributed by atoms with Crippen LogP contribution in [0, 0.1) is 0 Å². The first-order valence-electron chi connectivity index (χ1n) is 7.80. The number of guanidine groups is 1. The highest BCUT2D eigenvalue weighted by molar-refractivity contribution is 14.0. The van der Waals surface area contributed by atoms with Crippen molar-refractivity contribution < 1.29 is 0 Å². The van der Waals surface area contributed by atoms with E-state index in [0.717, 1.165) is 38.4 Å². The number of aryl methyl sites for hydroxylation is 2. The highest BCUT2D eigenvalue weighted by Crippen LogP contribution is 2.08. The van der Waals surface area contributed by atoms with Crippen LogP contribution in [-0.4, -0.2) is 29.1 Å². The third-order valence-electron chi connectivity index (χ3n) is 3.61. The van der Waals surface area contributed by atoms with E-state index in [0.29, 0.717) is 0 Å². The maximum Gasteiger partial charge on any atom is 0.191 e. The van der Waals surface area contributed by atoms with E-state index in [2.05, 4.69) is 56.4 Å². The molecule has 126 valence electrons. The van der Waals surface area contributed by atoms with Gasteiger partial charge in [-0.15, -0.1) is 24.0 Å². The largest absolute Gasteiger partial charge is 0.356 e. The van der Waals surface area contributed by atoms with Gasteiger partial charge in [0.05, 0.1) is 6.33 Å². The summed E-state index contributed by atoms with van der Waals surface area (Å²) in [5, 5.41) is 6.72.